The average molecular weight is 318 g/mol. The summed E-state index contributed by atoms with van der Waals surface area (Å²) in [6.07, 6.45) is 0.594. The third kappa shape index (κ3) is 3.55. The Labute approximate surface area is 116 Å². The number of aliphatic carboxylic acids is 1. The Morgan fingerprint density at radius 3 is 2.61 bits per heavy atom. The van der Waals surface area contributed by atoms with Crippen molar-refractivity contribution in [1.29, 1.82) is 0 Å². The third-order valence-corrected chi connectivity index (χ3v) is 4.09. The van der Waals surface area contributed by atoms with E-state index >= 15 is 0 Å². The van der Waals surface area contributed by atoms with Crippen molar-refractivity contribution >= 4 is 21.9 Å². The van der Waals surface area contributed by atoms with Crippen LogP contribution in [0.2, 0.25) is 0 Å². The fourth-order valence-corrected chi connectivity index (χ4v) is 2.06. The van der Waals surface area contributed by atoms with E-state index in [2.05, 4.69) is 26.3 Å². The SMILES string of the molecule is Cc1nn(C)c(CNCCC(C)(C)C(=O)O)c1Br. The van der Waals surface area contributed by atoms with Crippen LogP contribution in [0.3, 0.4) is 0 Å². The zero-order valence-corrected chi connectivity index (χ0v) is 12.8. The highest BCUT2D eigenvalue weighted by Gasteiger charge is 2.26. The van der Waals surface area contributed by atoms with Gasteiger partial charge in [-0.15, -0.1) is 0 Å². The molecule has 18 heavy (non-hydrogen) atoms. The summed E-state index contributed by atoms with van der Waals surface area (Å²) in [4.78, 5) is 10.9. The molecule has 0 spiro atoms. The molecule has 2 N–H and O–H groups in total. The van der Waals surface area contributed by atoms with E-state index in [0.717, 1.165) is 15.9 Å². The first-order valence-electron chi connectivity index (χ1n) is 5.88. The van der Waals surface area contributed by atoms with Gasteiger partial charge in [0.1, 0.15) is 0 Å². The summed E-state index contributed by atoms with van der Waals surface area (Å²) >= 11 is 3.50. The van der Waals surface area contributed by atoms with Gasteiger partial charge in [0.05, 0.1) is 21.3 Å². The fraction of sp³-hybridized carbons (Fsp3) is 0.667. The molecule has 0 radical (unpaired) electrons. The number of aromatic nitrogens is 2. The fourth-order valence-electron chi connectivity index (χ4n) is 1.59. The standard InChI is InChI=1S/C12H20BrN3O2/c1-8-10(13)9(16(4)15-8)7-14-6-5-12(2,3)11(17)18/h14H,5-7H2,1-4H3,(H,17,18). The van der Waals surface area contributed by atoms with Gasteiger partial charge in [-0.05, 0) is 49.7 Å². The van der Waals surface area contributed by atoms with Gasteiger partial charge in [-0.2, -0.15) is 5.10 Å². The van der Waals surface area contributed by atoms with Crippen LogP contribution in [0.1, 0.15) is 31.7 Å². The Hall–Kier alpha value is -0.880. The molecule has 1 heterocycles. The summed E-state index contributed by atoms with van der Waals surface area (Å²) in [5.41, 5.74) is 1.34. The minimum atomic E-state index is -0.762. The molecule has 0 bridgehead atoms. The van der Waals surface area contributed by atoms with Gasteiger partial charge in [0.15, 0.2) is 0 Å². The first-order valence-corrected chi connectivity index (χ1v) is 6.67. The quantitative estimate of drug-likeness (QED) is 0.788. The molecule has 0 fully saturated rings. The molecule has 0 aliphatic rings. The van der Waals surface area contributed by atoms with Crippen LogP contribution in [0.4, 0.5) is 0 Å². The van der Waals surface area contributed by atoms with E-state index in [0.29, 0.717) is 19.5 Å². The van der Waals surface area contributed by atoms with E-state index < -0.39 is 11.4 Å². The van der Waals surface area contributed by atoms with Crippen molar-refractivity contribution < 1.29 is 9.90 Å². The van der Waals surface area contributed by atoms with Gasteiger partial charge in [-0.3, -0.25) is 9.48 Å². The molecule has 102 valence electrons. The molecule has 0 saturated carbocycles. The number of carboxylic acid groups (broad SMARTS) is 1. The molecular formula is C12H20BrN3O2. The molecule has 6 heteroatoms. The molecule has 0 unspecified atom stereocenters. The van der Waals surface area contributed by atoms with E-state index in [1.54, 1.807) is 13.8 Å². The van der Waals surface area contributed by atoms with Crippen LogP contribution >= 0.6 is 15.9 Å². The van der Waals surface area contributed by atoms with Crippen LogP contribution in [-0.2, 0) is 18.4 Å². The van der Waals surface area contributed by atoms with Crippen molar-refractivity contribution in [2.45, 2.75) is 33.7 Å². The second-order valence-electron chi connectivity index (χ2n) is 5.09. The zero-order chi connectivity index (χ0) is 13.9. The smallest absolute Gasteiger partial charge is 0.309 e. The summed E-state index contributed by atoms with van der Waals surface area (Å²) in [5, 5.41) is 16.6. The van der Waals surface area contributed by atoms with Crippen LogP contribution in [0.5, 0.6) is 0 Å². The molecule has 0 aliphatic carbocycles. The van der Waals surface area contributed by atoms with Crippen LogP contribution < -0.4 is 5.32 Å². The Kier molecular flexibility index (Phi) is 4.92. The lowest BCUT2D eigenvalue weighted by molar-refractivity contribution is -0.147. The van der Waals surface area contributed by atoms with Crippen molar-refractivity contribution in [1.82, 2.24) is 15.1 Å². The first kappa shape index (κ1) is 15.2. The number of hydrogen-bond acceptors (Lipinski definition) is 3. The van der Waals surface area contributed by atoms with Crippen molar-refractivity contribution in [3.63, 3.8) is 0 Å². The number of carboxylic acids is 1. The topological polar surface area (TPSA) is 67.2 Å². The molecule has 0 saturated heterocycles. The highest BCUT2D eigenvalue weighted by atomic mass is 79.9. The number of halogens is 1. The first-order chi connectivity index (χ1) is 8.25. The predicted octanol–water partition coefficient (Wildman–Crippen LogP) is 2.08. The van der Waals surface area contributed by atoms with Gasteiger partial charge in [0.2, 0.25) is 0 Å². The molecule has 0 amide bonds. The molecular weight excluding hydrogens is 298 g/mol. The van der Waals surface area contributed by atoms with Crippen molar-refractivity contribution in [2.75, 3.05) is 6.54 Å². The average Bonchev–Trinajstić information content (AvgIpc) is 2.49. The van der Waals surface area contributed by atoms with E-state index in [-0.39, 0.29) is 0 Å². The van der Waals surface area contributed by atoms with Gasteiger partial charge < -0.3 is 10.4 Å². The van der Waals surface area contributed by atoms with Gasteiger partial charge in [0.25, 0.3) is 0 Å². The second kappa shape index (κ2) is 5.84. The summed E-state index contributed by atoms with van der Waals surface area (Å²) in [7, 11) is 1.90. The van der Waals surface area contributed by atoms with Gasteiger partial charge >= 0.3 is 5.97 Å². The molecule has 0 aliphatic heterocycles. The highest BCUT2D eigenvalue weighted by Crippen LogP contribution is 2.21. The number of nitrogens with zero attached hydrogens (tertiary/aromatic N) is 2. The third-order valence-electron chi connectivity index (χ3n) is 3.06. The number of carbonyl (C=O) groups is 1. The Morgan fingerprint density at radius 1 is 1.56 bits per heavy atom. The van der Waals surface area contributed by atoms with Crippen molar-refractivity contribution in [3.05, 3.63) is 15.9 Å². The Balaban J connectivity index is 2.46. The predicted molar refractivity (Wildman–Crippen MR) is 73.4 cm³/mol. The van der Waals surface area contributed by atoms with Crippen LogP contribution in [0, 0.1) is 12.3 Å². The van der Waals surface area contributed by atoms with Crippen LogP contribution in [0.25, 0.3) is 0 Å². The number of hydrogen-bond donors (Lipinski definition) is 2. The van der Waals surface area contributed by atoms with Crippen LogP contribution in [-0.4, -0.2) is 27.4 Å². The second-order valence-corrected chi connectivity index (χ2v) is 5.88. The monoisotopic (exact) mass is 317 g/mol. The van der Waals surface area contributed by atoms with E-state index in [1.165, 1.54) is 0 Å². The van der Waals surface area contributed by atoms with Gasteiger partial charge in [-0.1, -0.05) is 0 Å². The minimum absolute atomic E-state index is 0.594. The summed E-state index contributed by atoms with van der Waals surface area (Å²) in [5.74, 6) is -0.762. The van der Waals surface area contributed by atoms with Gasteiger partial charge in [0, 0.05) is 13.6 Å². The maximum atomic E-state index is 10.9. The van der Waals surface area contributed by atoms with E-state index in [1.807, 2.05) is 18.7 Å². The van der Waals surface area contributed by atoms with Gasteiger partial charge in [-0.25, -0.2) is 0 Å². The minimum Gasteiger partial charge on any atom is -0.481 e. The van der Waals surface area contributed by atoms with Crippen molar-refractivity contribution in [3.8, 4) is 0 Å². The lowest BCUT2D eigenvalue weighted by Gasteiger charge is -2.19. The Morgan fingerprint density at radius 2 is 2.17 bits per heavy atom. The lowest BCUT2D eigenvalue weighted by atomic mass is 9.90. The van der Waals surface area contributed by atoms with E-state index in [4.69, 9.17) is 5.11 Å². The maximum Gasteiger partial charge on any atom is 0.309 e. The van der Waals surface area contributed by atoms with Crippen molar-refractivity contribution in [2.24, 2.45) is 12.5 Å². The molecule has 1 rings (SSSR count). The summed E-state index contributed by atoms with van der Waals surface area (Å²) < 4.78 is 2.84. The lowest BCUT2D eigenvalue weighted by Crippen LogP contribution is -2.29. The molecule has 1 aromatic rings. The van der Waals surface area contributed by atoms with E-state index in [9.17, 15) is 4.79 Å². The largest absolute Gasteiger partial charge is 0.481 e. The number of nitrogens with one attached hydrogen (secondary N) is 1. The summed E-state index contributed by atoms with van der Waals surface area (Å²) in [6.45, 7) is 6.76. The number of rotatable bonds is 6. The molecule has 1 aromatic heterocycles. The molecule has 0 aromatic carbocycles. The Bertz CT molecular complexity index is 441. The zero-order valence-electron chi connectivity index (χ0n) is 11.2. The normalized spacial score (nSPS) is 11.8. The summed E-state index contributed by atoms with van der Waals surface area (Å²) in [6, 6.07) is 0. The van der Waals surface area contributed by atoms with Crippen LogP contribution in [0.15, 0.2) is 4.47 Å². The molecule has 0 atom stereocenters. The number of aryl methyl sites for hydroxylation is 2. The highest BCUT2D eigenvalue weighted by molar-refractivity contribution is 9.10. The maximum absolute atomic E-state index is 10.9. The molecule has 5 nitrogen and oxygen atoms in total.